The van der Waals surface area contributed by atoms with Crippen molar-refractivity contribution in [1.82, 2.24) is 4.90 Å². The number of carbonyl (C=O) groups excluding carboxylic acids is 1. The molecule has 1 aromatic carbocycles. The Morgan fingerprint density at radius 3 is 2.70 bits per heavy atom. The first-order chi connectivity index (χ1) is 9.52. The highest BCUT2D eigenvalue weighted by molar-refractivity contribution is 5.93. The lowest BCUT2D eigenvalue weighted by Crippen LogP contribution is -2.37. The van der Waals surface area contributed by atoms with Crippen LogP contribution in [0.5, 0.6) is 0 Å². The summed E-state index contributed by atoms with van der Waals surface area (Å²) in [5.74, 6) is -1.80. The lowest BCUT2D eigenvalue weighted by molar-refractivity contribution is 0.0697. The number of amides is 2. The Morgan fingerprint density at radius 1 is 1.45 bits per heavy atom. The Kier molecular flexibility index (Phi) is 4.22. The summed E-state index contributed by atoms with van der Waals surface area (Å²) in [4.78, 5) is 24.7. The van der Waals surface area contributed by atoms with Crippen LogP contribution in [-0.4, -0.2) is 34.6 Å². The lowest BCUT2D eigenvalue weighted by Gasteiger charge is -2.22. The van der Waals surface area contributed by atoms with Crippen molar-refractivity contribution in [3.8, 4) is 0 Å². The molecule has 0 heterocycles. The van der Waals surface area contributed by atoms with Crippen LogP contribution in [0.1, 0.15) is 36.5 Å². The van der Waals surface area contributed by atoms with E-state index in [0.29, 0.717) is 6.54 Å². The summed E-state index contributed by atoms with van der Waals surface area (Å²) in [5.41, 5.74) is -0.160. The SMILES string of the molecule is CCCN(C(=O)Nc1cc(C(=O)O)ccc1F)C1CC1. The van der Waals surface area contributed by atoms with Gasteiger partial charge in [-0.3, -0.25) is 0 Å². The Balaban J connectivity index is 2.13. The smallest absolute Gasteiger partial charge is 0.335 e. The molecule has 2 amide bonds. The van der Waals surface area contributed by atoms with E-state index in [0.717, 1.165) is 37.5 Å². The molecule has 0 saturated heterocycles. The normalized spacial score (nSPS) is 13.9. The van der Waals surface area contributed by atoms with Crippen LogP contribution in [0.4, 0.5) is 14.9 Å². The van der Waals surface area contributed by atoms with Gasteiger partial charge in [-0.05, 0) is 37.5 Å². The molecule has 0 bridgehead atoms. The second-order valence-electron chi connectivity index (χ2n) is 4.85. The number of hydrogen-bond acceptors (Lipinski definition) is 2. The first-order valence-electron chi connectivity index (χ1n) is 6.63. The molecule has 1 fully saturated rings. The highest BCUT2D eigenvalue weighted by atomic mass is 19.1. The van der Waals surface area contributed by atoms with Crippen molar-refractivity contribution < 1.29 is 19.1 Å². The van der Waals surface area contributed by atoms with E-state index in [1.54, 1.807) is 4.90 Å². The minimum Gasteiger partial charge on any atom is -0.478 e. The van der Waals surface area contributed by atoms with Gasteiger partial charge in [0.2, 0.25) is 0 Å². The van der Waals surface area contributed by atoms with Crippen LogP contribution < -0.4 is 5.32 Å². The van der Waals surface area contributed by atoms with Crippen molar-refractivity contribution in [3.63, 3.8) is 0 Å². The molecule has 108 valence electrons. The number of carboxylic acid groups (broad SMARTS) is 1. The molecule has 0 aliphatic heterocycles. The lowest BCUT2D eigenvalue weighted by atomic mass is 10.2. The zero-order chi connectivity index (χ0) is 14.7. The predicted molar refractivity (Wildman–Crippen MR) is 72.4 cm³/mol. The van der Waals surface area contributed by atoms with Gasteiger partial charge in [-0.1, -0.05) is 6.92 Å². The molecule has 0 spiro atoms. The van der Waals surface area contributed by atoms with Crippen LogP contribution in [0.3, 0.4) is 0 Å². The molecule has 0 unspecified atom stereocenters. The van der Waals surface area contributed by atoms with Crippen molar-refractivity contribution in [2.75, 3.05) is 11.9 Å². The minimum absolute atomic E-state index is 0.0600. The molecule has 1 aliphatic rings. The Morgan fingerprint density at radius 2 is 2.15 bits per heavy atom. The van der Waals surface area contributed by atoms with Gasteiger partial charge in [0.15, 0.2) is 0 Å². The van der Waals surface area contributed by atoms with Crippen molar-refractivity contribution in [3.05, 3.63) is 29.6 Å². The van der Waals surface area contributed by atoms with Crippen LogP contribution in [0, 0.1) is 5.82 Å². The average molecular weight is 280 g/mol. The van der Waals surface area contributed by atoms with E-state index >= 15 is 0 Å². The van der Waals surface area contributed by atoms with Gasteiger partial charge in [-0.25, -0.2) is 14.0 Å². The highest BCUT2D eigenvalue weighted by Gasteiger charge is 2.32. The topological polar surface area (TPSA) is 69.6 Å². The fourth-order valence-electron chi connectivity index (χ4n) is 2.02. The number of urea groups is 1. The van der Waals surface area contributed by atoms with Crippen molar-refractivity contribution in [2.45, 2.75) is 32.2 Å². The predicted octanol–water partition coefficient (Wildman–Crippen LogP) is 2.93. The maximum Gasteiger partial charge on any atom is 0.335 e. The number of aromatic carboxylic acids is 1. The summed E-state index contributed by atoms with van der Waals surface area (Å²) in [6.45, 7) is 2.57. The third-order valence-corrected chi connectivity index (χ3v) is 3.17. The van der Waals surface area contributed by atoms with Crippen molar-refractivity contribution in [1.29, 1.82) is 0 Å². The molecule has 20 heavy (non-hydrogen) atoms. The molecule has 2 rings (SSSR count). The average Bonchev–Trinajstić information content (AvgIpc) is 3.22. The van der Waals surface area contributed by atoms with E-state index < -0.39 is 11.8 Å². The first kappa shape index (κ1) is 14.3. The summed E-state index contributed by atoms with van der Waals surface area (Å²) in [6.07, 6.45) is 2.75. The van der Waals surface area contributed by atoms with Gasteiger partial charge in [0.25, 0.3) is 0 Å². The standard InChI is InChI=1S/C14H17FN2O3/c1-2-7-17(10-4-5-10)14(20)16-12-8-9(13(18)19)3-6-11(12)15/h3,6,8,10H,2,4-5,7H2,1H3,(H,16,20)(H,18,19). The molecule has 1 aromatic rings. The fraction of sp³-hybridized carbons (Fsp3) is 0.429. The maximum atomic E-state index is 13.6. The van der Waals surface area contributed by atoms with Crippen LogP contribution in [-0.2, 0) is 0 Å². The van der Waals surface area contributed by atoms with E-state index in [2.05, 4.69) is 5.32 Å². The number of carboxylic acids is 1. The molecule has 0 radical (unpaired) electrons. The van der Waals surface area contributed by atoms with Crippen LogP contribution in [0.25, 0.3) is 0 Å². The number of hydrogen-bond donors (Lipinski definition) is 2. The van der Waals surface area contributed by atoms with Crippen LogP contribution >= 0.6 is 0 Å². The third-order valence-electron chi connectivity index (χ3n) is 3.17. The molecule has 0 atom stereocenters. The van der Waals surface area contributed by atoms with Gasteiger partial charge in [0, 0.05) is 12.6 Å². The molecule has 1 aliphatic carbocycles. The van der Waals surface area contributed by atoms with Crippen LogP contribution in [0.2, 0.25) is 0 Å². The van der Waals surface area contributed by atoms with E-state index in [9.17, 15) is 14.0 Å². The van der Waals surface area contributed by atoms with Gasteiger partial charge in [-0.2, -0.15) is 0 Å². The molecule has 2 N–H and O–H groups in total. The number of carbonyl (C=O) groups is 2. The second kappa shape index (κ2) is 5.90. The number of rotatable bonds is 5. The second-order valence-corrected chi connectivity index (χ2v) is 4.85. The molecule has 1 saturated carbocycles. The molecular weight excluding hydrogens is 263 g/mol. The summed E-state index contributed by atoms with van der Waals surface area (Å²) >= 11 is 0. The molecular formula is C14H17FN2O3. The largest absolute Gasteiger partial charge is 0.478 e. The Bertz CT molecular complexity index is 529. The van der Waals surface area contributed by atoms with Gasteiger partial charge in [0.05, 0.1) is 11.3 Å². The maximum absolute atomic E-state index is 13.6. The Hall–Kier alpha value is -2.11. The molecule has 5 nitrogen and oxygen atoms in total. The van der Waals surface area contributed by atoms with Crippen LogP contribution in [0.15, 0.2) is 18.2 Å². The van der Waals surface area contributed by atoms with Gasteiger partial charge in [0.1, 0.15) is 5.82 Å². The molecule has 6 heteroatoms. The summed E-state index contributed by atoms with van der Waals surface area (Å²) in [6, 6.07) is 3.18. The number of benzene rings is 1. The van der Waals surface area contributed by atoms with Crippen molar-refractivity contribution in [2.24, 2.45) is 0 Å². The number of anilines is 1. The van der Waals surface area contributed by atoms with Gasteiger partial charge >= 0.3 is 12.0 Å². The fourth-order valence-corrected chi connectivity index (χ4v) is 2.02. The summed E-state index contributed by atoms with van der Waals surface area (Å²) in [5, 5.41) is 11.3. The third kappa shape index (κ3) is 3.26. The van der Waals surface area contributed by atoms with Crippen molar-refractivity contribution >= 4 is 17.7 Å². The Labute approximate surface area is 116 Å². The first-order valence-corrected chi connectivity index (χ1v) is 6.63. The van der Waals surface area contributed by atoms with E-state index in [4.69, 9.17) is 5.11 Å². The van der Waals surface area contributed by atoms with E-state index in [1.807, 2.05) is 6.92 Å². The van der Waals surface area contributed by atoms with Gasteiger partial charge < -0.3 is 15.3 Å². The highest BCUT2D eigenvalue weighted by Crippen LogP contribution is 2.28. The van der Waals surface area contributed by atoms with E-state index in [1.165, 1.54) is 0 Å². The van der Waals surface area contributed by atoms with E-state index in [-0.39, 0.29) is 23.3 Å². The summed E-state index contributed by atoms with van der Waals surface area (Å²) in [7, 11) is 0. The number of halogens is 1. The van der Waals surface area contributed by atoms with Gasteiger partial charge in [-0.15, -0.1) is 0 Å². The summed E-state index contributed by atoms with van der Waals surface area (Å²) < 4.78 is 13.6. The quantitative estimate of drug-likeness (QED) is 0.871. The monoisotopic (exact) mass is 280 g/mol. The molecule has 0 aromatic heterocycles. The zero-order valence-electron chi connectivity index (χ0n) is 11.2. The minimum atomic E-state index is -1.16. The zero-order valence-corrected chi connectivity index (χ0v) is 11.2. The number of nitrogens with zero attached hydrogens (tertiary/aromatic N) is 1. The number of nitrogens with one attached hydrogen (secondary N) is 1.